The summed E-state index contributed by atoms with van der Waals surface area (Å²) < 4.78 is 0. The molecule has 0 saturated heterocycles. The van der Waals surface area contributed by atoms with E-state index in [0.717, 1.165) is 17.8 Å². The van der Waals surface area contributed by atoms with Gasteiger partial charge in [-0.1, -0.05) is 31.2 Å². The SMILES string of the molecule is CCc1c(N)ncnc1NC(C)c1ccccc1C. The molecule has 0 bridgehead atoms. The second kappa shape index (κ2) is 5.69. The maximum Gasteiger partial charge on any atom is 0.135 e. The Labute approximate surface area is 114 Å². The van der Waals surface area contributed by atoms with Crippen molar-refractivity contribution >= 4 is 11.6 Å². The predicted octanol–water partition coefficient (Wildman–Crippen LogP) is 3.10. The van der Waals surface area contributed by atoms with Gasteiger partial charge in [0.25, 0.3) is 0 Å². The molecule has 0 fully saturated rings. The number of hydrogen-bond acceptors (Lipinski definition) is 4. The van der Waals surface area contributed by atoms with E-state index in [2.05, 4.69) is 54.3 Å². The quantitative estimate of drug-likeness (QED) is 0.882. The number of aryl methyl sites for hydroxylation is 1. The van der Waals surface area contributed by atoms with Crippen molar-refractivity contribution < 1.29 is 0 Å². The summed E-state index contributed by atoms with van der Waals surface area (Å²) in [5, 5.41) is 3.43. The van der Waals surface area contributed by atoms with Gasteiger partial charge in [0, 0.05) is 5.56 Å². The van der Waals surface area contributed by atoms with Crippen LogP contribution in [0.1, 0.15) is 36.6 Å². The van der Waals surface area contributed by atoms with Crippen molar-refractivity contribution in [3.8, 4) is 0 Å². The Morgan fingerprint density at radius 2 is 2.00 bits per heavy atom. The number of nitrogens with zero attached hydrogens (tertiary/aromatic N) is 2. The van der Waals surface area contributed by atoms with Crippen LogP contribution in [0.4, 0.5) is 11.6 Å². The lowest BCUT2D eigenvalue weighted by Gasteiger charge is -2.19. The number of nitrogens with one attached hydrogen (secondary N) is 1. The van der Waals surface area contributed by atoms with Gasteiger partial charge in [0.1, 0.15) is 18.0 Å². The lowest BCUT2D eigenvalue weighted by molar-refractivity contribution is 0.855. The van der Waals surface area contributed by atoms with Crippen molar-refractivity contribution in [2.24, 2.45) is 0 Å². The average Bonchev–Trinajstić information content (AvgIpc) is 2.39. The number of aromatic nitrogens is 2. The van der Waals surface area contributed by atoms with Crippen LogP contribution in [0.5, 0.6) is 0 Å². The Morgan fingerprint density at radius 3 is 2.68 bits per heavy atom. The molecule has 4 nitrogen and oxygen atoms in total. The molecule has 0 aliphatic rings. The molecule has 1 heterocycles. The third kappa shape index (κ3) is 2.84. The third-order valence-electron chi connectivity index (χ3n) is 3.34. The van der Waals surface area contributed by atoms with Crippen LogP contribution < -0.4 is 11.1 Å². The molecule has 0 aliphatic carbocycles. The van der Waals surface area contributed by atoms with E-state index < -0.39 is 0 Å². The van der Waals surface area contributed by atoms with Crippen molar-refractivity contribution in [3.63, 3.8) is 0 Å². The first-order valence-corrected chi connectivity index (χ1v) is 6.54. The Kier molecular flexibility index (Phi) is 4.00. The first kappa shape index (κ1) is 13.3. The Morgan fingerprint density at radius 1 is 1.26 bits per heavy atom. The van der Waals surface area contributed by atoms with Crippen molar-refractivity contribution in [3.05, 3.63) is 47.3 Å². The molecule has 2 rings (SSSR count). The van der Waals surface area contributed by atoms with E-state index in [1.165, 1.54) is 17.5 Å². The summed E-state index contributed by atoms with van der Waals surface area (Å²) in [5.41, 5.74) is 9.39. The van der Waals surface area contributed by atoms with Gasteiger partial charge in [-0.25, -0.2) is 9.97 Å². The first-order valence-electron chi connectivity index (χ1n) is 6.54. The fourth-order valence-electron chi connectivity index (χ4n) is 2.25. The highest BCUT2D eigenvalue weighted by molar-refractivity contribution is 5.56. The zero-order chi connectivity index (χ0) is 13.8. The van der Waals surface area contributed by atoms with Crippen molar-refractivity contribution in [1.29, 1.82) is 0 Å². The highest BCUT2D eigenvalue weighted by Gasteiger charge is 2.12. The fourth-order valence-corrected chi connectivity index (χ4v) is 2.25. The van der Waals surface area contributed by atoms with Crippen LogP contribution in [0.2, 0.25) is 0 Å². The van der Waals surface area contributed by atoms with E-state index in [0.29, 0.717) is 5.82 Å². The molecule has 0 radical (unpaired) electrons. The minimum atomic E-state index is 0.181. The summed E-state index contributed by atoms with van der Waals surface area (Å²) in [6.07, 6.45) is 2.32. The maximum atomic E-state index is 5.89. The molecule has 19 heavy (non-hydrogen) atoms. The molecule has 3 N–H and O–H groups in total. The van der Waals surface area contributed by atoms with E-state index in [-0.39, 0.29) is 6.04 Å². The molecule has 1 unspecified atom stereocenters. The zero-order valence-corrected chi connectivity index (χ0v) is 11.6. The van der Waals surface area contributed by atoms with Crippen LogP contribution in [0.15, 0.2) is 30.6 Å². The normalized spacial score (nSPS) is 12.2. The Bertz CT molecular complexity index is 566. The van der Waals surface area contributed by atoms with Gasteiger partial charge in [0.05, 0.1) is 6.04 Å². The highest BCUT2D eigenvalue weighted by atomic mass is 15.1. The van der Waals surface area contributed by atoms with Gasteiger partial charge in [0.15, 0.2) is 0 Å². The van der Waals surface area contributed by atoms with E-state index in [1.54, 1.807) is 0 Å². The van der Waals surface area contributed by atoms with Crippen LogP contribution >= 0.6 is 0 Å². The van der Waals surface area contributed by atoms with Crippen molar-refractivity contribution in [2.45, 2.75) is 33.2 Å². The number of benzene rings is 1. The van der Waals surface area contributed by atoms with Crippen LogP contribution in [0, 0.1) is 6.92 Å². The van der Waals surface area contributed by atoms with E-state index >= 15 is 0 Å². The van der Waals surface area contributed by atoms with Gasteiger partial charge in [-0.2, -0.15) is 0 Å². The summed E-state index contributed by atoms with van der Waals surface area (Å²) >= 11 is 0. The summed E-state index contributed by atoms with van der Waals surface area (Å²) in [6.45, 7) is 6.29. The fraction of sp³-hybridized carbons (Fsp3) is 0.333. The number of hydrogen-bond donors (Lipinski definition) is 2. The molecule has 1 aromatic carbocycles. The molecule has 0 amide bonds. The molecule has 0 saturated carbocycles. The third-order valence-corrected chi connectivity index (χ3v) is 3.34. The minimum absolute atomic E-state index is 0.181. The van der Waals surface area contributed by atoms with Crippen LogP contribution in [0.3, 0.4) is 0 Å². The Hall–Kier alpha value is -2.10. The molecule has 0 spiro atoms. The molecule has 4 heteroatoms. The number of nitrogen functional groups attached to an aromatic ring is 1. The predicted molar refractivity (Wildman–Crippen MR) is 79.0 cm³/mol. The van der Waals surface area contributed by atoms with Crippen molar-refractivity contribution in [2.75, 3.05) is 11.1 Å². The first-order chi connectivity index (χ1) is 9.13. The summed E-state index contributed by atoms with van der Waals surface area (Å²) in [7, 11) is 0. The highest BCUT2D eigenvalue weighted by Crippen LogP contribution is 2.24. The van der Waals surface area contributed by atoms with E-state index in [9.17, 15) is 0 Å². The molecular weight excluding hydrogens is 236 g/mol. The molecular formula is C15H20N4. The van der Waals surface area contributed by atoms with Gasteiger partial charge in [-0.05, 0) is 31.4 Å². The average molecular weight is 256 g/mol. The van der Waals surface area contributed by atoms with E-state index in [4.69, 9.17) is 5.73 Å². The second-order valence-electron chi connectivity index (χ2n) is 4.66. The molecule has 2 aromatic rings. The standard InChI is InChI=1S/C15H20N4/c1-4-12-14(16)17-9-18-15(12)19-11(3)13-8-6-5-7-10(13)2/h5-9,11H,4H2,1-3H3,(H3,16,17,18,19). The molecule has 100 valence electrons. The van der Waals surface area contributed by atoms with Gasteiger partial charge in [0.2, 0.25) is 0 Å². The van der Waals surface area contributed by atoms with Gasteiger partial charge >= 0.3 is 0 Å². The second-order valence-corrected chi connectivity index (χ2v) is 4.66. The van der Waals surface area contributed by atoms with E-state index in [1.807, 2.05) is 6.07 Å². The zero-order valence-electron chi connectivity index (χ0n) is 11.6. The molecule has 1 aromatic heterocycles. The maximum absolute atomic E-state index is 5.89. The minimum Gasteiger partial charge on any atom is -0.383 e. The van der Waals surface area contributed by atoms with Crippen LogP contribution in [0.25, 0.3) is 0 Å². The van der Waals surface area contributed by atoms with Gasteiger partial charge in [-0.3, -0.25) is 0 Å². The van der Waals surface area contributed by atoms with Crippen molar-refractivity contribution in [1.82, 2.24) is 9.97 Å². The number of rotatable bonds is 4. The summed E-state index contributed by atoms with van der Waals surface area (Å²) in [6, 6.07) is 8.52. The monoisotopic (exact) mass is 256 g/mol. The van der Waals surface area contributed by atoms with Crippen LogP contribution in [-0.2, 0) is 6.42 Å². The molecule has 1 atom stereocenters. The Balaban J connectivity index is 2.27. The summed E-state index contributed by atoms with van der Waals surface area (Å²) in [4.78, 5) is 8.34. The topological polar surface area (TPSA) is 63.8 Å². The molecule has 0 aliphatic heterocycles. The summed E-state index contributed by atoms with van der Waals surface area (Å²) in [5.74, 6) is 1.38. The van der Waals surface area contributed by atoms with Gasteiger partial charge < -0.3 is 11.1 Å². The largest absolute Gasteiger partial charge is 0.383 e. The van der Waals surface area contributed by atoms with Gasteiger partial charge in [-0.15, -0.1) is 0 Å². The number of anilines is 2. The smallest absolute Gasteiger partial charge is 0.135 e. The lowest BCUT2D eigenvalue weighted by atomic mass is 10.0. The lowest BCUT2D eigenvalue weighted by Crippen LogP contribution is -2.12. The number of nitrogens with two attached hydrogens (primary N) is 1. The van der Waals surface area contributed by atoms with Crippen LogP contribution in [-0.4, -0.2) is 9.97 Å².